The zero-order valence-electron chi connectivity index (χ0n) is 14.7. The van der Waals surface area contributed by atoms with Gasteiger partial charge >= 0.3 is 152 Å². The van der Waals surface area contributed by atoms with Crippen LogP contribution in [-0.4, -0.2) is 28.5 Å². The van der Waals surface area contributed by atoms with Crippen LogP contribution < -0.4 is 0 Å². The molecule has 0 aromatic heterocycles. The minimum atomic E-state index is 0.0564. The van der Waals surface area contributed by atoms with Gasteiger partial charge in [-0.2, -0.15) is 0 Å². The van der Waals surface area contributed by atoms with Crippen LogP contribution in [0.1, 0.15) is 90.0 Å². The second kappa shape index (κ2) is 11.5. The Balaban J connectivity index is 3.09. The quantitative estimate of drug-likeness (QED) is 0.376. The summed E-state index contributed by atoms with van der Waals surface area (Å²) in [5, 5.41) is 0. The van der Waals surface area contributed by atoms with E-state index >= 15 is 0 Å². The third-order valence-corrected chi connectivity index (χ3v) is 5.95. The molecule has 0 spiro atoms. The molecule has 1 atom stereocenters. The van der Waals surface area contributed by atoms with Crippen LogP contribution >= 0.6 is 0 Å². The average Bonchev–Trinajstić information content (AvgIpc) is 2.58. The molecule has 123 valence electrons. The molecule has 3 radical (unpaired) electrons. The van der Waals surface area contributed by atoms with Gasteiger partial charge in [-0.1, -0.05) is 0 Å². The Bertz CT molecular complexity index is 369. The fourth-order valence-corrected chi connectivity index (χ4v) is 4.41. The summed E-state index contributed by atoms with van der Waals surface area (Å²) in [6, 6.07) is 11.1. The molecule has 0 saturated carbocycles. The molecule has 0 aliphatic carbocycles. The van der Waals surface area contributed by atoms with Crippen LogP contribution in [0.15, 0.2) is 30.3 Å². The van der Waals surface area contributed by atoms with Crippen molar-refractivity contribution in [2.75, 3.05) is 0 Å². The van der Waals surface area contributed by atoms with E-state index in [-0.39, 0.29) is 5.60 Å². The number of rotatable bonds is 12. The number of hydrogen-bond donors (Lipinski definition) is 0. The van der Waals surface area contributed by atoms with Gasteiger partial charge in [0.25, 0.3) is 0 Å². The van der Waals surface area contributed by atoms with Crippen molar-refractivity contribution in [1.29, 1.82) is 0 Å². The monoisotopic (exact) mass is 409 g/mol. The first-order chi connectivity index (χ1) is 10.7. The standard InChI is InChI=1S/C20H33O.Sn/c1-4-7-15-19(18-13-11-10-12-14-18)20(21,16-8-5-2)17-9-6-3;/h10-14,19H,4-9,15-17H2,1-3H3;/q-1;+1. The van der Waals surface area contributed by atoms with Gasteiger partial charge in [-0.3, -0.25) is 0 Å². The van der Waals surface area contributed by atoms with E-state index < -0.39 is 0 Å². The Labute approximate surface area is 151 Å². The van der Waals surface area contributed by atoms with E-state index in [0.29, 0.717) is 5.92 Å². The zero-order valence-corrected chi connectivity index (χ0v) is 17.6. The van der Waals surface area contributed by atoms with E-state index in [1.54, 1.807) is 0 Å². The normalized spacial score (nSPS) is 13.3. The first-order valence-electron chi connectivity index (χ1n) is 9.13. The Morgan fingerprint density at radius 1 is 0.909 bits per heavy atom. The Hall–Kier alpha value is -0.0213. The molecule has 1 rings (SSSR count). The van der Waals surface area contributed by atoms with Gasteiger partial charge in [0.05, 0.1) is 0 Å². The molecule has 1 unspecified atom stereocenters. The fraction of sp³-hybridized carbons (Fsp3) is 0.700. The molecule has 0 N–H and O–H groups in total. The Morgan fingerprint density at radius 3 is 1.91 bits per heavy atom. The van der Waals surface area contributed by atoms with Crippen LogP contribution in [0.5, 0.6) is 0 Å². The SMILES string of the molecule is CCCCC(c1ccccc1)C(CCCC)(CCCC)[O][Sn]. The number of unbranched alkanes of at least 4 members (excludes halogenated alkanes) is 3. The van der Waals surface area contributed by atoms with Crippen molar-refractivity contribution in [3.63, 3.8) is 0 Å². The molecule has 0 heterocycles. The van der Waals surface area contributed by atoms with Crippen molar-refractivity contribution in [3.8, 4) is 0 Å². The third-order valence-electron chi connectivity index (χ3n) is 4.79. The van der Waals surface area contributed by atoms with E-state index in [9.17, 15) is 0 Å². The summed E-state index contributed by atoms with van der Waals surface area (Å²) in [6.07, 6.45) is 11.3. The van der Waals surface area contributed by atoms with Gasteiger partial charge < -0.3 is 0 Å². The molecule has 0 aliphatic heterocycles. The summed E-state index contributed by atoms with van der Waals surface area (Å²) in [6.45, 7) is 6.87. The summed E-state index contributed by atoms with van der Waals surface area (Å²) in [5.74, 6) is 0.547. The summed E-state index contributed by atoms with van der Waals surface area (Å²) < 4.78 is 6.35. The van der Waals surface area contributed by atoms with E-state index in [0.717, 1.165) is 0 Å². The van der Waals surface area contributed by atoms with Gasteiger partial charge in [0.2, 0.25) is 0 Å². The number of benzene rings is 1. The molecular formula is C20H33OSn. The van der Waals surface area contributed by atoms with Crippen LogP contribution in [0.3, 0.4) is 0 Å². The first kappa shape index (κ1) is 20.0. The van der Waals surface area contributed by atoms with Gasteiger partial charge in [0.1, 0.15) is 0 Å². The Kier molecular flexibility index (Phi) is 10.5. The van der Waals surface area contributed by atoms with Crippen LogP contribution in [0.25, 0.3) is 0 Å². The first-order valence-corrected chi connectivity index (χ1v) is 10.3. The molecule has 2 heteroatoms. The predicted molar refractivity (Wildman–Crippen MR) is 97.3 cm³/mol. The van der Waals surface area contributed by atoms with Crippen molar-refractivity contribution in [3.05, 3.63) is 35.9 Å². The van der Waals surface area contributed by atoms with Gasteiger partial charge in [-0.05, 0) is 0 Å². The minimum absolute atomic E-state index is 0.0564. The maximum atomic E-state index is 6.35. The molecule has 22 heavy (non-hydrogen) atoms. The second-order valence-electron chi connectivity index (χ2n) is 6.48. The molecule has 0 bridgehead atoms. The fourth-order valence-electron chi connectivity index (χ4n) is 3.43. The number of hydrogen-bond acceptors (Lipinski definition) is 1. The van der Waals surface area contributed by atoms with Gasteiger partial charge in [0.15, 0.2) is 0 Å². The molecule has 1 aromatic carbocycles. The van der Waals surface area contributed by atoms with Crippen LogP contribution in [0.2, 0.25) is 0 Å². The topological polar surface area (TPSA) is 9.23 Å². The summed E-state index contributed by atoms with van der Waals surface area (Å²) >= 11 is 1.22. The average molecular weight is 408 g/mol. The second-order valence-corrected chi connectivity index (χ2v) is 7.06. The van der Waals surface area contributed by atoms with Crippen molar-refractivity contribution >= 4 is 22.9 Å². The van der Waals surface area contributed by atoms with Gasteiger partial charge in [0, 0.05) is 0 Å². The van der Waals surface area contributed by atoms with Crippen LogP contribution in [-0.2, 0) is 3.07 Å². The molecule has 1 aromatic rings. The van der Waals surface area contributed by atoms with E-state index in [1.165, 1.54) is 86.3 Å². The van der Waals surface area contributed by atoms with E-state index in [2.05, 4.69) is 51.1 Å². The molecule has 1 nitrogen and oxygen atoms in total. The van der Waals surface area contributed by atoms with Gasteiger partial charge in [-0.25, -0.2) is 0 Å². The summed E-state index contributed by atoms with van der Waals surface area (Å²) in [5.41, 5.74) is 1.53. The molecule has 0 saturated heterocycles. The predicted octanol–water partition coefficient (Wildman–Crippen LogP) is 6.18. The third kappa shape index (κ3) is 5.88. The van der Waals surface area contributed by atoms with E-state index in [4.69, 9.17) is 3.07 Å². The Morgan fingerprint density at radius 2 is 1.45 bits per heavy atom. The molecular weight excluding hydrogens is 375 g/mol. The maximum absolute atomic E-state index is 6.35. The summed E-state index contributed by atoms with van der Waals surface area (Å²) in [7, 11) is 0. The van der Waals surface area contributed by atoms with Crippen molar-refractivity contribution < 1.29 is 3.07 Å². The zero-order chi connectivity index (χ0) is 16.3. The molecule has 0 aliphatic rings. The molecule has 0 fully saturated rings. The van der Waals surface area contributed by atoms with Crippen LogP contribution in [0, 0.1) is 0 Å². The van der Waals surface area contributed by atoms with Crippen molar-refractivity contribution in [1.82, 2.24) is 0 Å². The molecule has 0 amide bonds. The van der Waals surface area contributed by atoms with Crippen LogP contribution in [0.4, 0.5) is 0 Å². The summed E-state index contributed by atoms with van der Waals surface area (Å²) in [4.78, 5) is 0. The van der Waals surface area contributed by atoms with Crippen molar-refractivity contribution in [2.24, 2.45) is 0 Å². The van der Waals surface area contributed by atoms with E-state index in [1.807, 2.05) is 0 Å². The van der Waals surface area contributed by atoms with Crippen molar-refractivity contribution in [2.45, 2.75) is 90.1 Å². The van der Waals surface area contributed by atoms with Gasteiger partial charge in [-0.15, -0.1) is 0 Å².